The molecule has 1 aliphatic rings. The highest BCUT2D eigenvalue weighted by atomic mass is 16.7. The van der Waals surface area contributed by atoms with Crippen LogP contribution in [-0.4, -0.2) is 42.4 Å². The van der Waals surface area contributed by atoms with Crippen LogP contribution in [0.5, 0.6) is 0 Å². The summed E-state index contributed by atoms with van der Waals surface area (Å²) in [5.41, 5.74) is 0. The van der Waals surface area contributed by atoms with Crippen molar-refractivity contribution < 1.29 is 19.7 Å². The predicted molar refractivity (Wildman–Crippen MR) is 33.4 cm³/mol. The Morgan fingerprint density at radius 2 is 2.20 bits per heavy atom. The third kappa shape index (κ3) is 1.46. The summed E-state index contributed by atoms with van der Waals surface area (Å²) in [7, 11) is 1.44. The van der Waals surface area contributed by atoms with Gasteiger partial charge in [0.25, 0.3) is 0 Å². The van der Waals surface area contributed by atoms with Gasteiger partial charge in [0.05, 0.1) is 12.7 Å². The Kier molecular flexibility index (Phi) is 2.62. The Balaban J connectivity index is 2.42. The van der Waals surface area contributed by atoms with Crippen molar-refractivity contribution in [1.82, 2.24) is 0 Å². The van der Waals surface area contributed by atoms with Gasteiger partial charge in [-0.1, -0.05) is 0 Å². The maximum absolute atomic E-state index is 9.14. The fourth-order valence-corrected chi connectivity index (χ4v) is 0.963. The largest absolute Gasteiger partial charge is 0.390 e. The fourth-order valence-electron chi connectivity index (χ4n) is 0.963. The number of ether oxygens (including phenoxy) is 2. The monoisotopic (exact) mass is 148 g/mol. The van der Waals surface area contributed by atoms with Crippen LogP contribution >= 0.6 is 0 Å². The SMILES string of the molecule is CO[C@H]1OCCC(O)[C@H]1O. The molecule has 0 saturated carbocycles. The normalized spacial score (nSPS) is 41.7. The van der Waals surface area contributed by atoms with Gasteiger partial charge in [-0.2, -0.15) is 0 Å². The maximum Gasteiger partial charge on any atom is 0.185 e. The standard InChI is InChI=1S/C6H12O4/c1-9-6-5(8)4(7)2-3-10-6/h4-8H,2-3H2,1H3/t4?,5-,6+/m1/s1. The number of hydrogen-bond donors (Lipinski definition) is 2. The van der Waals surface area contributed by atoms with Crippen LogP contribution in [0.4, 0.5) is 0 Å². The lowest BCUT2D eigenvalue weighted by atomic mass is 10.1. The zero-order valence-corrected chi connectivity index (χ0v) is 5.86. The van der Waals surface area contributed by atoms with Crippen LogP contribution in [0.1, 0.15) is 6.42 Å². The molecule has 1 fully saturated rings. The van der Waals surface area contributed by atoms with Crippen molar-refractivity contribution in [2.45, 2.75) is 24.9 Å². The van der Waals surface area contributed by atoms with E-state index in [0.717, 1.165) is 0 Å². The topological polar surface area (TPSA) is 58.9 Å². The molecule has 1 saturated heterocycles. The van der Waals surface area contributed by atoms with Crippen LogP contribution in [0, 0.1) is 0 Å². The van der Waals surface area contributed by atoms with Gasteiger partial charge in [0.1, 0.15) is 6.10 Å². The Bertz CT molecular complexity index is 106. The number of rotatable bonds is 1. The molecule has 2 N–H and O–H groups in total. The zero-order chi connectivity index (χ0) is 7.56. The number of methoxy groups -OCH3 is 1. The summed E-state index contributed by atoms with van der Waals surface area (Å²) in [5, 5.41) is 18.2. The number of aliphatic hydroxyl groups excluding tert-OH is 2. The van der Waals surface area contributed by atoms with Gasteiger partial charge in [0.15, 0.2) is 6.29 Å². The molecule has 0 radical (unpaired) electrons. The minimum absolute atomic E-state index is 0.441. The van der Waals surface area contributed by atoms with Crippen molar-refractivity contribution in [3.05, 3.63) is 0 Å². The Hall–Kier alpha value is -0.160. The molecule has 1 unspecified atom stereocenters. The molecule has 0 aliphatic carbocycles. The molecule has 1 rings (SSSR count). The average Bonchev–Trinajstić information content (AvgIpc) is 1.95. The van der Waals surface area contributed by atoms with E-state index < -0.39 is 18.5 Å². The predicted octanol–water partition coefficient (Wildman–Crippen LogP) is -0.899. The Morgan fingerprint density at radius 3 is 2.70 bits per heavy atom. The van der Waals surface area contributed by atoms with Gasteiger partial charge in [-0.3, -0.25) is 0 Å². The van der Waals surface area contributed by atoms with Crippen LogP contribution in [0.15, 0.2) is 0 Å². The van der Waals surface area contributed by atoms with Crippen molar-refractivity contribution in [3.8, 4) is 0 Å². The van der Waals surface area contributed by atoms with Crippen molar-refractivity contribution in [3.63, 3.8) is 0 Å². The summed E-state index contributed by atoms with van der Waals surface area (Å²) in [5.74, 6) is 0. The first-order valence-corrected chi connectivity index (χ1v) is 3.26. The van der Waals surface area contributed by atoms with Gasteiger partial charge >= 0.3 is 0 Å². The van der Waals surface area contributed by atoms with Crippen LogP contribution in [-0.2, 0) is 9.47 Å². The summed E-state index contributed by atoms with van der Waals surface area (Å²) >= 11 is 0. The van der Waals surface area contributed by atoms with E-state index in [1.165, 1.54) is 7.11 Å². The second-order valence-corrected chi connectivity index (χ2v) is 2.32. The van der Waals surface area contributed by atoms with Gasteiger partial charge in [0.2, 0.25) is 0 Å². The van der Waals surface area contributed by atoms with Gasteiger partial charge in [-0.25, -0.2) is 0 Å². The molecule has 0 spiro atoms. The third-order valence-electron chi connectivity index (χ3n) is 1.60. The van der Waals surface area contributed by atoms with E-state index >= 15 is 0 Å². The van der Waals surface area contributed by atoms with E-state index in [9.17, 15) is 0 Å². The van der Waals surface area contributed by atoms with Crippen LogP contribution in [0.3, 0.4) is 0 Å². The van der Waals surface area contributed by atoms with Crippen molar-refractivity contribution in [2.75, 3.05) is 13.7 Å². The molecule has 60 valence electrons. The Labute approximate surface area is 59.4 Å². The van der Waals surface area contributed by atoms with Crippen LogP contribution in [0.2, 0.25) is 0 Å². The quantitative estimate of drug-likeness (QED) is 0.506. The molecule has 0 aromatic heterocycles. The van der Waals surface area contributed by atoms with Gasteiger partial charge in [0, 0.05) is 7.11 Å². The van der Waals surface area contributed by atoms with E-state index in [4.69, 9.17) is 19.7 Å². The first kappa shape index (κ1) is 7.94. The molecule has 3 atom stereocenters. The third-order valence-corrected chi connectivity index (χ3v) is 1.60. The first-order valence-electron chi connectivity index (χ1n) is 3.26. The van der Waals surface area contributed by atoms with E-state index in [-0.39, 0.29) is 0 Å². The summed E-state index contributed by atoms with van der Waals surface area (Å²) < 4.78 is 9.72. The van der Waals surface area contributed by atoms with Crippen molar-refractivity contribution >= 4 is 0 Å². The summed E-state index contributed by atoms with van der Waals surface area (Å²) in [6, 6.07) is 0. The second kappa shape index (κ2) is 3.30. The summed E-state index contributed by atoms with van der Waals surface area (Å²) in [6.45, 7) is 0.441. The number of aliphatic hydroxyl groups is 2. The molecular formula is C6H12O4. The molecule has 10 heavy (non-hydrogen) atoms. The van der Waals surface area contributed by atoms with E-state index in [1.54, 1.807) is 0 Å². The molecule has 0 aromatic rings. The summed E-state index contributed by atoms with van der Waals surface area (Å²) in [4.78, 5) is 0. The van der Waals surface area contributed by atoms with Gasteiger partial charge in [-0.05, 0) is 6.42 Å². The highest BCUT2D eigenvalue weighted by Gasteiger charge is 2.30. The fraction of sp³-hybridized carbons (Fsp3) is 1.00. The smallest absolute Gasteiger partial charge is 0.185 e. The lowest BCUT2D eigenvalue weighted by molar-refractivity contribution is -0.232. The Morgan fingerprint density at radius 1 is 1.50 bits per heavy atom. The molecule has 1 heterocycles. The lowest BCUT2D eigenvalue weighted by Gasteiger charge is -2.30. The molecule has 0 aromatic carbocycles. The highest BCUT2D eigenvalue weighted by Crippen LogP contribution is 2.14. The van der Waals surface area contributed by atoms with E-state index in [1.807, 2.05) is 0 Å². The second-order valence-electron chi connectivity index (χ2n) is 2.32. The van der Waals surface area contributed by atoms with E-state index in [2.05, 4.69) is 0 Å². The minimum atomic E-state index is -0.904. The molecule has 0 amide bonds. The first-order chi connectivity index (χ1) is 4.75. The van der Waals surface area contributed by atoms with Crippen LogP contribution < -0.4 is 0 Å². The molecule has 1 aliphatic heterocycles. The van der Waals surface area contributed by atoms with Crippen LogP contribution in [0.25, 0.3) is 0 Å². The highest BCUT2D eigenvalue weighted by molar-refractivity contribution is 4.74. The number of hydrogen-bond acceptors (Lipinski definition) is 4. The summed E-state index contributed by atoms with van der Waals surface area (Å²) in [6.07, 6.45) is -1.80. The van der Waals surface area contributed by atoms with Gasteiger partial charge in [-0.15, -0.1) is 0 Å². The van der Waals surface area contributed by atoms with E-state index in [0.29, 0.717) is 13.0 Å². The maximum atomic E-state index is 9.14. The minimum Gasteiger partial charge on any atom is -0.390 e. The van der Waals surface area contributed by atoms with Gasteiger partial charge < -0.3 is 19.7 Å². The lowest BCUT2D eigenvalue weighted by Crippen LogP contribution is -2.45. The van der Waals surface area contributed by atoms with Crippen molar-refractivity contribution in [1.29, 1.82) is 0 Å². The molecular weight excluding hydrogens is 136 g/mol. The van der Waals surface area contributed by atoms with Crippen molar-refractivity contribution in [2.24, 2.45) is 0 Å². The molecule has 4 heteroatoms. The average molecular weight is 148 g/mol. The zero-order valence-electron chi connectivity index (χ0n) is 5.86. The molecule has 0 bridgehead atoms. The molecule has 4 nitrogen and oxygen atoms in total.